The van der Waals surface area contributed by atoms with Crippen molar-refractivity contribution in [3.8, 4) is 0 Å². The number of nitrogens with zero attached hydrogens (tertiary/aromatic N) is 4. The number of nitrogens with one attached hydrogen (secondary N) is 2. The van der Waals surface area contributed by atoms with Crippen LogP contribution in [-0.2, 0) is 21.3 Å². The lowest BCUT2D eigenvalue weighted by atomic mass is 9.99. The van der Waals surface area contributed by atoms with Crippen molar-refractivity contribution < 1.29 is 17.9 Å². The predicted molar refractivity (Wildman–Crippen MR) is 146 cm³/mol. The van der Waals surface area contributed by atoms with Crippen LogP contribution in [0.1, 0.15) is 35.7 Å². The Hall–Kier alpha value is -3.70. The first kappa shape index (κ1) is 25.9. The van der Waals surface area contributed by atoms with Crippen LogP contribution >= 0.6 is 0 Å². The van der Waals surface area contributed by atoms with Crippen LogP contribution in [0.5, 0.6) is 0 Å². The zero-order valence-corrected chi connectivity index (χ0v) is 22.3. The van der Waals surface area contributed by atoms with Gasteiger partial charge >= 0.3 is 6.09 Å². The third-order valence-electron chi connectivity index (χ3n) is 6.97. The molecule has 0 saturated carbocycles. The van der Waals surface area contributed by atoms with E-state index in [9.17, 15) is 13.2 Å². The van der Waals surface area contributed by atoms with Gasteiger partial charge in [-0.2, -0.15) is 0 Å². The Bertz CT molecular complexity index is 1380. The second kappa shape index (κ2) is 11.0. The highest BCUT2D eigenvalue weighted by Crippen LogP contribution is 2.33. The number of benzene rings is 2. The van der Waals surface area contributed by atoms with E-state index in [1.165, 1.54) is 0 Å². The smallest absolute Gasteiger partial charge is 0.410 e. The Balaban J connectivity index is 1.16. The molecule has 2 aliphatic heterocycles. The van der Waals surface area contributed by atoms with E-state index in [-0.39, 0.29) is 18.2 Å². The van der Waals surface area contributed by atoms with Gasteiger partial charge in [-0.15, -0.1) is 0 Å². The van der Waals surface area contributed by atoms with Gasteiger partial charge in [0.15, 0.2) is 0 Å². The van der Waals surface area contributed by atoms with Gasteiger partial charge in [0.05, 0.1) is 12.3 Å². The molecular formula is C27H32N6O4S. The maximum Gasteiger partial charge on any atom is 0.410 e. The number of aryl methyl sites for hydroxylation is 1. The largest absolute Gasteiger partial charge is 0.447 e. The Morgan fingerprint density at radius 3 is 2.37 bits per heavy atom. The number of rotatable bonds is 8. The average Bonchev–Trinajstić information content (AvgIpc) is 3.28. The number of carbonyl (C=O) groups excluding carboxylic acids is 1. The third-order valence-corrected chi connectivity index (χ3v) is 7.57. The molecular weight excluding hydrogens is 504 g/mol. The molecule has 2 aromatic carbocycles. The quantitative estimate of drug-likeness (QED) is 0.443. The SMILES string of the molecule is Cc1nc(Nc2ccc(NS(C)(=O)=O)cc2)ncc1CN1CCC(N2C(=O)OCC2c2ccccc2)CC1. The summed E-state index contributed by atoms with van der Waals surface area (Å²) in [5, 5.41) is 3.16. The topological polar surface area (TPSA) is 117 Å². The number of ether oxygens (including phenoxy) is 1. The molecule has 2 N–H and O–H groups in total. The molecule has 11 heteroatoms. The van der Waals surface area contributed by atoms with Crippen LogP contribution < -0.4 is 10.0 Å². The number of carbonyl (C=O) groups is 1. The van der Waals surface area contributed by atoms with E-state index in [0.29, 0.717) is 18.2 Å². The second-order valence-corrected chi connectivity index (χ2v) is 11.5. The van der Waals surface area contributed by atoms with Crippen LogP contribution in [0.4, 0.5) is 22.1 Å². The van der Waals surface area contributed by atoms with Gasteiger partial charge in [0.25, 0.3) is 0 Å². The van der Waals surface area contributed by atoms with Gasteiger partial charge in [-0.25, -0.2) is 23.2 Å². The minimum Gasteiger partial charge on any atom is -0.447 e. The molecule has 2 fully saturated rings. The lowest BCUT2D eigenvalue weighted by Crippen LogP contribution is -2.46. The Labute approximate surface area is 223 Å². The number of sulfonamides is 1. The zero-order valence-electron chi connectivity index (χ0n) is 21.5. The number of hydrogen-bond acceptors (Lipinski definition) is 8. The van der Waals surface area contributed by atoms with E-state index in [4.69, 9.17) is 4.74 Å². The fraction of sp³-hybridized carbons (Fsp3) is 0.370. The van der Waals surface area contributed by atoms with Crippen LogP contribution in [-0.4, -0.2) is 66.3 Å². The van der Waals surface area contributed by atoms with Gasteiger partial charge in [-0.05, 0) is 49.6 Å². The molecule has 1 atom stereocenters. The molecule has 1 aromatic heterocycles. The van der Waals surface area contributed by atoms with Gasteiger partial charge in [0.2, 0.25) is 16.0 Å². The molecule has 1 unspecified atom stereocenters. The van der Waals surface area contributed by atoms with E-state index < -0.39 is 10.0 Å². The van der Waals surface area contributed by atoms with Gasteiger partial charge in [-0.1, -0.05) is 30.3 Å². The van der Waals surface area contributed by atoms with E-state index in [2.05, 4.69) is 37.0 Å². The number of hydrogen-bond donors (Lipinski definition) is 2. The summed E-state index contributed by atoms with van der Waals surface area (Å²) in [5.74, 6) is 0.480. The summed E-state index contributed by atoms with van der Waals surface area (Å²) < 4.78 is 30.6. The molecule has 1 amide bonds. The van der Waals surface area contributed by atoms with Crippen LogP contribution in [0.3, 0.4) is 0 Å². The van der Waals surface area contributed by atoms with Crippen molar-refractivity contribution in [2.24, 2.45) is 0 Å². The van der Waals surface area contributed by atoms with Crippen molar-refractivity contribution >= 4 is 33.4 Å². The first-order valence-electron chi connectivity index (χ1n) is 12.6. The molecule has 10 nitrogen and oxygen atoms in total. The van der Waals surface area contributed by atoms with Crippen molar-refractivity contribution in [3.63, 3.8) is 0 Å². The lowest BCUT2D eigenvalue weighted by Gasteiger charge is -2.38. The highest BCUT2D eigenvalue weighted by atomic mass is 32.2. The number of anilines is 3. The summed E-state index contributed by atoms with van der Waals surface area (Å²) in [6.07, 6.45) is 4.53. The third kappa shape index (κ3) is 6.22. The first-order valence-corrected chi connectivity index (χ1v) is 14.5. The fourth-order valence-corrected chi connectivity index (χ4v) is 5.60. The molecule has 200 valence electrons. The number of piperidine rings is 1. The fourth-order valence-electron chi connectivity index (χ4n) is 5.04. The van der Waals surface area contributed by atoms with Crippen molar-refractivity contribution in [2.75, 3.05) is 36.0 Å². The first-order chi connectivity index (χ1) is 18.2. The summed E-state index contributed by atoms with van der Waals surface area (Å²) in [6, 6.07) is 17.1. The Morgan fingerprint density at radius 1 is 1.03 bits per heavy atom. The van der Waals surface area contributed by atoms with Crippen LogP contribution in [0.25, 0.3) is 0 Å². The Morgan fingerprint density at radius 2 is 1.71 bits per heavy atom. The maximum absolute atomic E-state index is 12.5. The average molecular weight is 537 g/mol. The molecule has 3 aromatic rings. The number of cyclic esters (lactones) is 1. The van der Waals surface area contributed by atoms with Crippen molar-refractivity contribution in [2.45, 2.75) is 38.4 Å². The molecule has 2 saturated heterocycles. The summed E-state index contributed by atoms with van der Waals surface area (Å²) in [5.41, 5.74) is 4.32. The molecule has 2 aliphatic rings. The maximum atomic E-state index is 12.5. The number of aromatic nitrogens is 2. The summed E-state index contributed by atoms with van der Waals surface area (Å²) >= 11 is 0. The number of amides is 1. The van der Waals surface area contributed by atoms with Gasteiger partial charge in [0.1, 0.15) is 6.61 Å². The Kier molecular flexibility index (Phi) is 7.48. The van der Waals surface area contributed by atoms with Crippen LogP contribution in [0.2, 0.25) is 0 Å². The lowest BCUT2D eigenvalue weighted by molar-refractivity contribution is 0.104. The molecule has 3 heterocycles. The second-order valence-electron chi connectivity index (χ2n) is 9.80. The molecule has 0 bridgehead atoms. The van der Waals surface area contributed by atoms with E-state index in [0.717, 1.165) is 61.2 Å². The van der Waals surface area contributed by atoms with Gasteiger partial charge < -0.3 is 10.1 Å². The molecule has 0 radical (unpaired) electrons. The highest BCUT2D eigenvalue weighted by Gasteiger charge is 2.40. The predicted octanol–water partition coefficient (Wildman–Crippen LogP) is 4.06. The standard InChI is InChI=1S/C27H32N6O4S/c1-19-21(16-28-26(29-19)30-22-8-10-23(11-9-22)31-38(2,35)36)17-32-14-12-24(13-15-32)33-25(18-37-27(33)34)20-6-4-3-5-7-20/h3-11,16,24-25,31H,12-15,17-18H2,1-2H3,(H,28,29,30). The zero-order chi connectivity index (χ0) is 26.7. The van der Waals surface area contributed by atoms with E-state index in [1.54, 1.807) is 24.3 Å². The summed E-state index contributed by atoms with van der Waals surface area (Å²) in [4.78, 5) is 26.0. The summed E-state index contributed by atoms with van der Waals surface area (Å²) in [7, 11) is -3.32. The summed E-state index contributed by atoms with van der Waals surface area (Å²) in [6.45, 7) is 4.88. The van der Waals surface area contributed by atoms with E-state index >= 15 is 0 Å². The van der Waals surface area contributed by atoms with Crippen molar-refractivity contribution in [3.05, 3.63) is 77.6 Å². The van der Waals surface area contributed by atoms with E-state index in [1.807, 2.05) is 36.2 Å². The van der Waals surface area contributed by atoms with Crippen molar-refractivity contribution in [1.29, 1.82) is 0 Å². The van der Waals surface area contributed by atoms with Crippen molar-refractivity contribution in [1.82, 2.24) is 19.8 Å². The monoisotopic (exact) mass is 536 g/mol. The van der Waals surface area contributed by atoms with Crippen LogP contribution in [0.15, 0.2) is 60.8 Å². The normalized spacial score (nSPS) is 18.8. The molecule has 0 spiro atoms. The number of likely N-dealkylation sites (tertiary alicyclic amines) is 1. The molecule has 5 rings (SSSR count). The van der Waals surface area contributed by atoms with Crippen LogP contribution in [0, 0.1) is 6.92 Å². The molecule has 0 aliphatic carbocycles. The minimum atomic E-state index is -3.32. The minimum absolute atomic E-state index is 0.0249. The molecule has 38 heavy (non-hydrogen) atoms. The highest BCUT2D eigenvalue weighted by molar-refractivity contribution is 7.92. The van der Waals surface area contributed by atoms with Gasteiger partial charge in [-0.3, -0.25) is 14.5 Å². The van der Waals surface area contributed by atoms with Gasteiger partial charge in [0, 0.05) is 54.5 Å².